The third kappa shape index (κ3) is 7.50. The molecule has 0 unspecified atom stereocenters. The Morgan fingerprint density at radius 1 is 1.29 bits per heavy atom. The second-order valence-corrected chi connectivity index (χ2v) is 5.09. The van der Waals surface area contributed by atoms with Crippen LogP contribution in [0.1, 0.15) is 18.9 Å². The minimum Gasteiger partial charge on any atom is -0.443 e. The second kappa shape index (κ2) is 7.82. The summed E-state index contributed by atoms with van der Waals surface area (Å²) in [6, 6.07) is 8.92. The third-order valence-electron chi connectivity index (χ3n) is 2.35. The highest BCUT2D eigenvalue weighted by atomic mass is 32.1. The maximum atomic E-state index is 12.7. The summed E-state index contributed by atoms with van der Waals surface area (Å²) in [5, 5.41) is -1.24. The number of rotatable bonds is 5. The summed E-state index contributed by atoms with van der Waals surface area (Å²) in [7, 11) is 0. The minimum atomic E-state index is -3.02. The van der Waals surface area contributed by atoms with Gasteiger partial charge in [-0.2, -0.15) is 12.6 Å². The lowest BCUT2D eigenvalue weighted by molar-refractivity contribution is -0.123. The molecule has 0 bridgehead atoms. The molecule has 21 heavy (non-hydrogen) atoms. The van der Waals surface area contributed by atoms with Gasteiger partial charge in [-0.25, -0.2) is 19.0 Å². The number of carbonyl (C=O) groups is 2. The summed E-state index contributed by atoms with van der Waals surface area (Å²) in [5.74, 6) is -3.85. The molecule has 2 amide bonds. The Balaban J connectivity index is 2.28. The Morgan fingerprint density at radius 2 is 1.90 bits per heavy atom. The molecule has 1 atom stereocenters. The first-order valence-electron chi connectivity index (χ1n) is 6.10. The molecule has 0 aliphatic rings. The van der Waals surface area contributed by atoms with Crippen molar-refractivity contribution >= 4 is 24.6 Å². The molecular weight excluding hydrogens is 302 g/mol. The SMILES string of the molecule is CC(F)(F)C[C@@H](S)C(=O)NNC(=O)OCc1ccccc1. The van der Waals surface area contributed by atoms with E-state index in [1.54, 1.807) is 24.3 Å². The van der Waals surface area contributed by atoms with Crippen molar-refractivity contribution in [1.29, 1.82) is 0 Å². The predicted molar refractivity (Wildman–Crippen MR) is 75.9 cm³/mol. The molecule has 116 valence electrons. The van der Waals surface area contributed by atoms with Crippen LogP contribution in [-0.2, 0) is 16.1 Å². The molecule has 1 aromatic rings. The summed E-state index contributed by atoms with van der Waals surface area (Å²) >= 11 is 3.75. The molecule has 5 nitrogen and oxygen atoms in total. The molecule has 0 aromatic heterocycles. The smallest absolute Gasteiger partial charge is 0.426 e. The summed E-state index contributed by atoms with van der Waals surface area (Å²) in [5.41, 5.74) is 4.71. The summed E-state index contributed by atoms with van der Waals surface area (Å²) in [6.45, 7) is 0.713. The van der Waals surface area contributed by atoms with Crippen molar-refractivity contribution < 1.29 is 23.1 Å². The number of benzene rings is 1. The van der Waals surface area contributed by atoms with Gasteiger partial charge in [-0.1, -0.05) is 30.3 Å². The summed E-state index contributed by atoms with van der Waals surface area (Å²) in [4.78, 5) is 22.7. The van der Waals surface area contributed by atoms with E-state index in [2.05, 4.69) is 12.6 Å². The van der Waals surface area contributed by atoms with Crippen molar-refractivity contribution in [2.24, 2.45) is 0 Å². The van der Waals surface area contributed by atoms with Crippen molar-refractivity contribution in [1.82, 2.24) is 10.9 Å². The molecule has 0 fully saturated rings. The van der Waals surface area contributed by atoms with E-state index in [0.29, 0.717) is 6.92 Å². The van der Waals surface area contributed by atoms with E-state index in [9.17, 15) is 18.4 Å². The molecule has 0 heterocycles. The molecule has 0 aliphatic carbocycles. The number of alkyl halides is 2. The Bertz CT molecular complexity index is 480. The van der Waals surface area contributed by atoms with Gasteiger partial charge in [-0.05, 0) is 12.5 Å². The second-order valence-electron chi connectivity index (χ2n) is 4.47. The van der Waals surface area contributed by atoms with E-state index in [-0.39, 0.29) is 6.61 Å². The normalized spacial score (nSPS) is 12.4. The Labute approximate surface area is 126 Å². The molecule has 8 heteroatoms. The van der Waals surface area contributed by atoms with Crippen molar-refractivity contribution in [2.75, 3.05) is 0 Å². The van der Waals surface area contributed by atoms with Crippen LogP contribution in [0.3, 0.4) is 0 Å². The average molecular weight is 318 g/mol. The van der Waals surface area contributed by atoms with Gasteiger partial charge in [0.15, 0.2) is 0 Å². The van der Waals surface area contributed by atoms with E-state index in [1.807, 2.05) is 16.9 Å². The Morgan fingerprint density at radius 3 is 2.48 bits per heavy atom. The first-order valence-corrected chi connectivity index (χ1v) is 6.62. The van der Waals surface area contributed by atoms with E-state index in [4.69, 9.17) is 4.74 Å². The van der Waals surface area contributed by atoms with Crippen LogP contribution in [0.25, 0.3) is 0 Å². The van der Waals surface area contributed by atoms with Crippen LogP contribution in [0.4, 0.5) is 13.6 Å². The Hall–Kier alpha value is -1.83. The van der Waals surface area contributed by atoms with Gasteiger partial charge in [0.2, 0.25) is 5.92 Å². The molecule has 1 rings (SSSR count). The fourth-order valence-corrected chi connectivity index (χ4v) is 1.77. The van der Waals surface area contributed by atoms with Crippen LogP contribution in [0.5, 0.6) is 0 Å². The zero-order valence-electron chi connectivity index (χ0n) is 11.3. The van der Waals surface area contributed by atoms with Crippen LogP contribution < -0.4 is 10.9 Å². The van der Waals surface area contributed by atoms with Crippen molar-refractivity contribution in [2.45, 2.75) is 31.1 Å². The van der Waals surface area contributed by atoms with E-state index in [1.165, 1.54) is 0 Å². The molecule has 2 N–H and O–H groups in total. The summed E-state index contributed by atoms with van der Waals surface area (Å²) in [6.07, 6.45) is -1.63. The van der Waals surface area contributed by atoms with Gasteiger partial charge in [-0.15, -0.1) is 0 Å². The number of ether oxygens (including phenoxy) is 1. The first kappa shape index (κ1) is 17.2. The van der Waals surface area contributed by atoms with Gasteiger partial charge in [-0.3, -0.25) is 10.2 Å². The van der Waals surface area contributed by atoms with Crippen LogP contribution in [0, 0.1) is 0 Å². The molecule has 0 saturated heterocycles. The monoisotopic (exact) mass is 318 g/mol. The highest BCUT2D eigenvalue weighted by molar-refractivity contribution is 7.81. The predicted octanol–water partition coefficient (Wildman–Crippen LogP) is 2.29. The molecule has 0 spiro atoms. The number of carbonyl (C=O) groups excluding carboxylic acids is 2. The van der Waals surface area contributed by atoms with E-state index >= 15 is 0 Å². The average Bonchev–Trinajstić information content (AvgIpc) is 2.41. The number of hydrogen-bond donors (Lipinski definition) is 3. The van der Waals surface area contributed by atoms with Gasteiger partial charge in [0.25, 0.3) is 5.91 Å². The van der Waals surface area contributed by atoms with E-state index < -0.39 is 29.6 Å². The number of amides is 2. The van der Waals surface area contributed by atoms with Gasteiger partial charge < -0.3 is 4.74 Å². The molecule has 1 aromatic carbocycles. The zero-order chi connectivity index (χ0) is 15.9. The first-order chi connectivity index (χ1) is 9.78. The third-order valence-corrected chi connectivity index (χ3v) is 2.77. The van der Waals surface area contributed by atoms with Gasteiger partial charge in [0, 0.05) is 6.42 Å². The van der Waals surface area contributed by atoms with Gasteiger partial charge in [0.05, 0.1) is 5.25 Å². The fraction of sp³-hybridized carbons (Fsp3) is 0.385. The van der Waals surface area contributed by atoms with Crippen LogP contribution >= 0.6 is 12.6 Å². The number of nitrogens with one attached hydrogen (secondary N) is 2. The number of hydrogen-bond acceptors (Lipinski definition) is 4. The molecular formula is C13H16F2N2O3S. The van der Waals surface area contributed by atoms with Gasteiger partial charge in [0.1, 0.15) is 6.61 Å². The molecule has 0 aliphatic heterocycles. The maximum Gasteiger partial charge on any atom is 0.426 e. The topological polar surface area (TPSA) is 67.4 Å². The largest absolute Gasteiger partial charge is 0.443 e. The standard InChI is InChI=1S/C13H16F2N2O3S/c1-13(14,15)7-10(21)11(18)16-17-12(19)20-8-9-5-3-2-4-6-9/h2-6,10,21H,7-8H2,1H3,(H,16,18)(H,17,19)/t10-/m1/s1. The van der Waals surface area contributed by atoms with Crippen LogP contribution in [0.15, 0.2) is 30.3 Å². The van der Waals surface area contributed by atoms with E-state index in [0.717, 1.165) is 5.56 Å². The fourth-order valence-electron chi connectivity index (χ4n) is 1.39. The minimum absolute atomic E-state index is 0.0277. The van der Waals surface area contributed by atoms with Crippen molar-refractivity contribution in [3.63, 3.8) is 0 Å². The van der Waals surface area contributed by atoms with Crippen molar-refractivity contribution in [3.8, 4) is 0 Å². The molecule has 0 saturated carbocycles. The van der Waals surface area contributed by atoms with Crippen LogP contribution in [-0.4, -0.2) is 23.2 Å². The number of thiol groups is 1. The lowest BCUT2D eigenvalue weighted by atomic mass is 10.2. The lowest BCUT2D eigenvalue weighted by Gasteiger charge is -2.16. The molecule has 0 radical (unpaired) electrons. The summed E-state index contributed by atoms with van der Waals surface area (Å²) < 4.78 is 30.2. The van der Waals surface area contributed by atoms with Gasteiger partial charge >= 0.3 is 6.09 Å². The number of halogens is 2. The lowest BCUT2D eigenvalue weighted by Crippen LogP contribution is -2.46. The quantitative estimate of drug-likeness (QED) is 0.576. The zero-order valence-corrected chi connectivity index (χ0v) is 12.2. The van der Waals surface area contributed by atoms with Crippen molar-refractivity contribution in [3.05, 3.63) is 35.9 Å². The number of hydrazine groups is 1. The highest BCUT2D eigenvalue weighted by Gasteiger charge is 2.29. The Kier molecular flexibility index (Phi) is 6.41. The van der Waals surface area contributed by atoms with Crippen LogP contribution in [0.2, 0.25) is 0 Å². The maximum absolute atomic E-state index is 12.7. The highest BCUT2D eigenvalue weighted by Crippen LogP contribution is 2.21.